The standard InChI is InChI=1S/C15H22FN5S2.H3P/c1-3-23-14(17)19-15(22)18-11-4-5-13(12(16)10-11)21-8-6-20(2)7-9-21;/h4-5,10H,3,6-9H2,1-2H3,(H3,17,18,19,22);1H3. The Morgan fingerprint density at radius 3 is 2.62 bits per heavy atom. The van der Waals surface area contributed by atoms with Crippen LogP contribution in [-0.2, 0) is 0 Å². The molecule has 1 aromatic carbocycles. The van der Waals surface area contributed by atoms with Crippen LogP contribution in [-0.4, -0.2) is 54.2 Å². The van der Waals surface area contributed by atoms with E-state index in [1.54, 1.807) is 6.07 Å². The summed E-state index contributed by atoms with van der Waals surface area (Å²) >= 11 is 6.52. The Kier molecular flexibility index (Phi) is 8.91. The molecule has 3 N–H and O–H groups in total. The van der Waals surface area contributed by atoms with Gasteiger partial charge in [-0.05, 0) is 43.2 Å². The maximum Gasteiger partial charge on any atom is 0.199 e. The molecule has 0 amide bonds. The Labute approximate surface area is 155 Å². The third-order valence-electron chi connectivity index (χ3n) is 3.55. The molecular formula is C15H25FN5PS2. The van der Waals surface area contributed by atoms with Gasteiger partial charge in [0.1, 0.15) is 5.82 Å². The van der Waals surface area contributed by atoms with Gasteiger partial charge < -0.3 is 20.9 Å². The lowest BCUT2D eigenvalue weighted by molar-refractivity contribution is 0.311. The van der Waals surface area contributed by atoms with Crippen LogP contribution in [0.3, 0.4) is 0 Å². The molecule has 1 fully saturated rings. The number of likely N-dealkylation sites (N-methyl/N-ethyl adjacent to an activating group) is 1. The van der Waals surface area contributed by atoms with E-state index in [1.807, 2.05) is 13.0 Å². The lowest BCUT2D eigenvalue weighted by Crippen LogP contribution is -2.44. The van der Waals surface area contributed by atoms with E-state index in [0.717, 1.165) is 31.9 Å². The van der Waals surface area contributed by atoms with Crippen LogP contribution in [0.15, 0.2) is 23.2 Å². The third-order valence-corrected chi connectivity index (χ3v) is 4.42. The van der Waals surface area contributed by atoms with Gasteiger partial charge in [0, 0.05) is 31.9 Å². The Hall–Kier alpha value is -0.950. The van der Waals surface area contributed by atoms with Crippen molar-refractivity contribution in [3.63, 3.8) is 0 Å². The number of halogens is 1. The van der Waals surface area contributed by atoms with Crippen molar-refractivity contribution in [2.24, 2.45) is 10.7 Å². The van der Waals surface area contributed by atoms with Crippen molar-refractivity contribution in [2.75, 3.05) is 49.2 Å². The van der Waals surface area contributed by atoms with Gasteiger partial charge in [0.15, 0.2) is 10.3 Å². The summed E-state index contributed by atoms with van der Waals surface area (Å²) in [6.45, 7) is 5.51. The number of amidine groups is 1. The molecule has 1 aliphatic heterocycles. The van der Waals surface area contributed by atoms with Crippen LogP contribution in [0, 0.1) is 5.82 Å². The first kappa shape index (κ1) is 21.1. The summed E-state index contributed by atoms with van der Waals surface area (Å²) in [7, 11) is 2.07. The highest BCUT2D eigenvalue weighted by Gasteiger charge is 2.17. The van der Waals surface area contributed by atoms with Gasteiger partial charge in [0.25, 0.3) is 0 Å². The minimum absolute atomic E-state index is 0. The molecule has 0 spiro atoms. The Bertz CT molecular complexity index is 591. The molecule has 134 valence electrons. The molecule has 0 radical (unpaired) electrons. The first-order valence-corrected chi connectivity index (χ1v) is 8.90. The second-order valence-electron chi connectivity index (χ2n) is 5.27. The highest BCUT2D eigenvalue weighted by molar-refractivity contribution is 8.13. The van der Waals surface area contributed by atoms with Crippen LogP contribution in [0.2, 0.25) is 0 Å². The zero-order valence-corrected chi connectivity index (χ0v) is 17.1. The van der Waals surface area contributed by atoms with Crippen LogP contribution < -0.4 is 16.0 Å². The quantitative estimate of drug-likeness (QED) is 0.358. The zero-order valence-electron chi connectivity index (χ0n) is 14.1. The minimum Gasteiger partial charge on any atom is -0.378 e. The number of nitrogens with one attached hydrogen (secondary N) is 1. The third kappa shape index (κ3) is 6.16. The fourth-order valence-corrected chi connectivity index (χ4v) is 3.05. The van der Waals surface area contributed by atoms with Crippen molar-refractivity contribution in [2.45, 2.75) is 6.92 Å². The number of piperazine rings is 1. The van der Waals surface area contributed by atoms with Gasteiger partial charge >= 0.3 is 0 Å². The van der Waals surface area contributed by atoms with Crippen LogP contribution >= 0.6 is 33.9 Å². The molecule has 1 aliphatic rings. The SMILES string of the molecule is CCSC(N)=NC(=S)Nc1ccc(N2CCN(C)CC2)c(F)c1.P. The molecule has 24 heavy (non-hydrogen) atoms. The molecule has 1 atom stereocenters. The smallest absolute Gasteiger partial charge is 0.199 e. The summed E-state index contributed by atoms with van der Waals surface area (Å²) in [5.41, 5.74) is 6.90. The summed E-state index contributed by atoms with van der Waals surface area (Å²) in [5, 5.41) is 3.53. The average Bonchev–Trinajstić information content (AvgIpc) is 2.48. The molecule has 0 aromatic heterocycles. The summed E-state index contributed by atoms with van der Waals surface area (Å²) in [4.78, 5) is 8.35. The lowest BCUT2D eigenvalue weighted by Gasteiger charge is -2.34. The van der Waals surface area contributed by atoms with E-state index in [2.05, 4.69) is 27.2 Å². The number of thiocarbonyl (C=S) groups is 1. The zero-order chi connectivity index (χ0) is 16.8. The van der Waals surface area contributed by atoms with Gasteiger partial charge in [-0.1, -0.05) is 18.7 Å². The van der Waals surface area contributed by atoms with Crippen molar-refractivity contribution in [3.8, 4) is 0 Å². The van der Waals surface area contributed by atoms with E-state index < -0.39 is 0 Å². The van der Waals surface area contributed by atoms with Gasteiger partial charge in [0.05, 0.1) is 5.69 Å². The molecule has 9 heteroatoms. The fourth-order valence-electron chi connectivity index (χ4n) is 2.32. The summed E-state index contributed by atoms with van der Waals surface area (Å²) in [5.74, 6) is 0.564. The summed E-state index contributed by atoms with van der Waals surface area (Å²) in [6.07, 6.45) is 0. The first-order valence-electron chi connectivity index (χ1n) is 7.50. The number of nitrogens with zero attached hydrogens (tertiary/aromatic N) is 3. The van der Waals surface area contributed by atoms with Crippen molar-refractivity contribution in [1.29, 1.82) is 0 Å². The van der Waals surface area contributed by atoms with E-state index in [9.17, 15) is 4.39 Å². The van der Waals surface area contributed by atoms with E-state index in [0.29, 0.717) is 16.5 Å². The van der Waals surface area contributed by atoms with Crippen LogP contribution in [0.1, 0.15) is 6.92 Å². The maximum atomic E-state index is 14.4. The summed E-state index contributed by atoms with van der Waals surface area (Å²) in [6, 6.07) is 5.03. The van der Waals surface area contributed by atoms with E-state index in [-0.39, 0.29) is 20.8 Å². The predicted molar refractivity (Wildman–Crippen MR) is 113 cm³/mol. The number of nitrogens with two attached hydrogens (primary N) is 1. The highest BCUT2D eigenvalue weighted by Crippen LogP contribution is 2.24. The minimum atomic E-state index is -0.262. The van der Waals surface area contributed by atoms with Crippen molar-refractivity contribution in [3.05, 3.63) is 24.0 Å². The second kappa shape index (κ2) is 10.1. The molecule has 1 aromatic rings. The molecule has 0 aliphatic carbocycles. The van der Waals surface area contributed by atoms with Crippen LogP contribution in [0.4, 0.5) is 15.8 Å². The number of aliphatic imine (C=N–C) groups is 1. The van der Waals surface area contributed by atoms with Crippen LogP contribution in [0.5, 0.6) is 0 Å². The summed E-state index contributed by atoms with van der Waals surface area (Å²) < 4.78 is 14.4. The largest absolute Gasteiger partial charge is 0.378 e. The monoisotopic (exact) mass is 389 g/mol. The van der Waals surface area contributed by atoms with Crippen LogP contribution in [0.25, 0.3) is 0 Å². The van der Waals surface area contributed by atoms with Crippen molar-refractivity contribution in [1.82, 2.24) is 4.90 Å². The average molecular weight is 390 g/mol. The van der Waals surface area contributed by atoms with E-state index >= 15 is 0 Å². The topological polar surface area (TPSA) is 56.9 Å². The number of rotatable bonds is 3. The molecular weight excluding hydrogens is 364 g/mol. The normalized spacial score (nSPS) is 15.8. The molecule has 0 bridgehead atoms. The lowest BCUT2D eigenvalue weighted by atomic mass is 10.2. The molecule has 5 nitrogen and oxygen atoms in total. The number of benzene rings is 1. The second-order valence-corrected chi connectivity index (χ2v) is 6.94. The Morgan fingerprint density at radius 1 is 1.38 bits per heavy atom. The van der Waals surface area contributed by atoms with Gasteiger partial charge in [-0.15, -0.1) is 0 Å². The van der Waals surface area contributed by atoms with E-state index in [1.165, 1.54) is 17.8 Å². The van der Waals surface area contributed by atoms with Crippen molar-refractivity contribution >= 4 is 55.5 Å². The number of thioether (sulfide) groups is 1. The van der Waals surface area contributed by atoms with Gasteiger partial charge in [-0.3, -0.25) is 0 Å². The molecule has 2 rings (SSSR count). The maximum absolute atomic E-state index is 14.4. The first-order chi connectivity index (χ1) is 11.0. The van der Waals surface area contributed by atoms with Crippen molar-refractivity contribution < 1.29 is 4.39 Å². The molecule has 1 unspecified atom stereocenters. The molecule has 1 saturated heterocycles. The van der Waals surface area contributed by atoms with Gasteiger partial charge in [0.2, 0.25) is 0 Å². The molecule has 0 saturated carbocycles. The fraction of sp³-hybridized carbons (Fsp3) is 0.467. The van der Waals surface area contributed by atoms with E-state index in [4.69, 9.17) is 18.0 Å². The number of anilines is 2. The molecule has 1 heterocycles. The predicted octanol–water partition coefficient (Wildman–Crippen LogP) is 2.40. The Morgan fingerprint density at radius 2 is 2.04 bits per heavy atom. The van der Waals surface area contributed by atoms with Gasteiger partial charge in [-0.2, -0.15) is 14.9 Å². The number of hydrogen-bond donors (Lipinski definition) is 2. The highest BCUT2D eigenvalue weighted by atomic mass is 32.2. The number of hydrogen-bond acceptors (Lipinski definition) is 4. The Balaban J connectivity index is 0.00000288. The van der Waals surface area contributed by atoms with Gasteiger partial charge in [-0.25, -0.2) is 4.39 Å².